The quantitative estimate of drug-likeness (QED) is 0.760. The smallest absolute Gasteiger partial charge is 0.0640 e. The second-order valence-electron chi connectivity index (χ2n) is 6.26. The summed E-state index contributed by atoms with van der Waals surface area (Å²) in [7, 11) is 0. The summed E-state index contributed by atoms with van der Waals surface area (Å²) in [5.41, 5.74) is 1.20. The molecule has 3 atom stereocenters. The van der Waals surface area contributed by atoms with E-state index in [4.69, 9.17) is 23.2 Å². The molecule has 0 heterocycles. The Labute approximate surface area is 132 Å². The lowest BCUT2D eigenvalue weighted by molar-refractivity contribution is 0.446. The van der Waals surface area contributed by atoms with E-state index in [0.29, 0.717) is 11.1 Å². The Hall–Kier alpha value is -0.240. The molecule has 0 aromatic heterocycles. The molecule has 0 amide bonds. The molecule has 3 unspecified atom stereocenters. The lowest BCUT2D eigenvalue weighted by Crippen LogP contribution is -2.25. The zero-order valence-corrected chi connectivity index (χ0v) is 13.6. The van der Waals surface area contributed by atoms with Crippen molar-refractivity contribution in [2.75, 3.05) is 6.54 Å². The number of nitrogens with one attached hydrogen (secondary N) is 1. The number of fused-ring (bicyclic) bond motifs is 1. The van der Waals surface area contributed by atoms with Crippen molar-refractivity contribution in [1.82, 2.24) is 5.32 Å². The van der Waals surface area contributed by atoms with Gasteiger partial charge in [0.15, 0.2) is 0 Å². The van der Waals surface area contributed by atoms with Crippen LogP contribution in [0.4, 0.5) is 0 Å². The van der Waals surface area contributed by atoms with Crippen LogP contribution >= 0.6 is 23.2 Å². The molecule has 0 saturated heterocycles. The Morgan fingerprint density at radius 3 is 2.55 bits per heavy atom. The highest BCUT2D eigenvalue weighted by atomic mass is 35.5. The van der Waals surface area contributed by atoms with E-state index in [-0.39, 0.29) is 0 Å². The van der Waals surface area contributed by atoms with E-state index in [0.717, 1.165) is 35.7 Å². The molecule has 2 fully saturated rings. The number of benzene rings is 1. The van der Waals surface area contributed by atoms with Crippen LogP contribution in [0.15, 0.2) is 18.2 Å². The molecular formula is C17H23Cl2N. The normalized spacial score (nSPS) is 29.9. The average molecular weight is 312 g/mol. The van der Waals surface area contributed by atoms with E-state index in [1.165, 1.54) is 31.2 Å². The fraction of sp³-hybridized carbons (Fsp3) is 0.647. The molecule has 1 N–H and O–H groups in total. The topological polar surface area (TPSA) is 12.0 Å². The molecule has 110 valence electrons. The maximum Gasteiger partial charge on any atom is 0.0640 e. The van der Waals surface area contributed by atoms with Gasteiger partial charge in [-0.15, -0.1) is 0 Å². The van der Waals surface area contributed by atoms with Crippen LogP contribution in [0.3, 0.4) is 0 Å². The number of halogens is 2. The minimum Gasteiger partial charge on any atom is -0.310 e. The van der Waals surface area contributed by atoms with Gasteiger partial charge in [0.2, 0.25) is 0 Å². The summed E-state index contributed by atoms with van der Waals surface area (Å²) >= 11 is 12.7. The van der Waals surface area contributed by atoms with Gasteiger partial charge in [-0.2, -0.15) is 0 Å². The van der Waals surface area contributed by atoms with Crippen molar-refractivity contribution in [2.24, 2.45) is 17.8 Å². The van der Waals surface area contributed by atoms with Crippen LogP contribution in [0.2, 0.25) is 10.0 Å². The summed E-state index contributed by atoms with van der Waals surface area (Å²) in [5, 5.41) is 5.15. The van der Waals surface area contributed by atoms with Gasteiger partial charge in [0.1, 0.15) is 0 Å². The van der Waals surface area contributed by atoms with Gasteiger partial charge in [0, 0.05) is 6.04 Å². The molecule has 0 radical (unpaired) electrons. The maximum absolute atomic E-state index is 6.46. The third kappa shape index (κ3) is 2.73. The lowest BCUT2D eigenvalue weighted by Gasteiger charge is -2.21. The van der Waals surface area contributed by atoms with Gasteiger partial charge in [0.25, 0.3) is 0 Å². The van der Waals surface area contributed by atoms with Crippen molar-refractivity contribution in [3.63, 3.8) is 0 Å². The van der Waals surface area contributed by atoms with Crippen LogP contribution in [-0.4, -0.2) is 6.54 Å². The van der Waals surface area contributed by atoms with E-state index in [1.807, 2.05) is 12.1 Å². The monoisotopic (exact) mass is 311 g/mol. The molecule has 3 rings (SSSR count). The Kier molecular flexibility index (Phi) is 4.59. The first-order valence-corrected chi connectivity index (χ1v) is 8.67. The van der Waals surface area contributed by atoms with Crippen molar-refractivity contribution in [1.29, 1.82) is 0 Å². The highest BCUT2D eigenvalue weighted by molar-refractivity contribution is 6.42. The second kappa shape index (κ2) is 6.25. The van der Waals surface area contributed by atoms with Crippen molar-refractivity contribution >= 4 is 23.2 Å². The van der Waals surface area contributed by atoms with Crippen LogP contribution in [0, 0.1) is 17.8 Å². The Bertz CT molecular complexity index is 462. The molecule has 1 nitrogen and oxygen atoms in total. The van der Waals surface area contributed by atoms with Gasteiger partial charge in [-0.1, -0.05) is 55.1 Å². The van der Waals surface area contributed by atoms with E-state index in [2.05, 4.69) is 18.3 Å². The Morgan fingerprint density at radius 1 is 1.20 bits per heavy atom. The first-order chi connectivity index (χ1) is 9.74. The number of rotatable bonds is 5. The Morgan fingerprint density at radius 2 is 1.90 bits per heavy atom. The minimum atomic E-state index is 0.384. The number of hydrogen-bond donors (Lipinski definition) is 1. The molecule has 3 heteroatoms. The maximum atomic E-state index is 6.46. The molecular weight excluding hydrogens is 289 g/mol. The summed E-state index contributed by atoms with van der Waals surface area (Å²) < 4.78 is 0. The minimum absolute atomic E-state index is 0.384. The van der Waals surface area contributed by atoms with E-state index in [1.54, 1.807) is 0 Å². The van der Waals surface area contributed by atoms with Gasteiger partial charge in [-0.05, 0) is 55.2 Å². The highest BCUT2D eigenvalue weighted by Crippen LogP contribution is 2.61. The lowest BCUT2D eigenvalue weighted by atomic mass is 9.99. The predicted molar refractivity (Wildman–Crippen MR) is 86.4 cm³/mol. The first-order valence-electron chi connectivity index (χ1n) is 7.91. The molecule has 1 aromatic carbocycles. The molecule has 2 aliphatic rings. The Balaban J connectivity index is 1.84. The van der Waals surface area contributed by atoms with Crippen LogP contribution in [0.1, 0.15) is 50.6 Å². The predicted octanol–water partition coefficient (Wildman–Crippen LogP) is 5.47. The van der Waals surface area contributed by atoms with Crippen molar-refractivity contribution in [3.8, 4) is 0 Å². The zero-order chi connectivity index (χ0) is 14.1. The summed E-state index contributed by atoms with van der Waals surface area (Å²) in [4.78, 5) is 0. The van der Waals surface area contributed by atoms with Crippen molar-refractivity contribution in [3.05, 3.63) is 33.8 Å². The summed E-state index contributed by atoms with van der Waals surface area (Å²) in [6.45, 7) is 3.26. The van der Waals surface area contributed by atoms with Gasteiger partial charge in [-0.25, -0.2) is 0 Å². The standard InChI is InChI=1S/C17H23Cl2N/c1-2-10-20-17(13-8-5-9-14(18)16(13)19)15-11-6-3-4-7-12(11)15/h5,8-9,11-12,15,17,20H,2-4,6-7,10H2,1H3. The third-order valence-corrected chi connectivity index (χ3v) is 5.87. The first kappa shape index (κ1) is 14.7. The molecule has 0 spiro atoms. The molecule has 0 aliphatic heterocycles. The molecule has 1 aromatic rings. The fourth-order valence-corrected chi connectivity index (χ4v) is 4.48. The van der Waals surface area contributed by atoms with E-state index >= 15 is 0 Å². The van der Waals surface area contributed by atoms with Crippen molar-refractivity contribution in [2.45, 2.75) is 45.1 Å². The van der Waals surface area contributed by atoms with E-state index < -0.39 is 0 Å². The molecule has 20 heavy (non-hydrogen) atoms. The van der Waals surface area contributed by atoms with Crippen LogP contribution in [0.5, 0.6) is 0 Å². The molecule has 2 aliphatic carbocycles. The summed E-state index contributed by atoms with van der Waals surface area (Å²) in [6, 6.07) is 6.43. The highest BCUT2D eigenvalue weighted by Gasteiger charge is 2.54. The largest absolute Gasteiger partial charge is 0.310 e. The van der Waals surface area contributed by atoms with Gasteiger partial charge in [0.05, 0.1) is 10.0 Å². The fourth-order valence-electron chi connectivity index (χ4n) is 4.06. The molecule has 2 saturated carbocycles. The van der Waals surface area contributed by atoms with Crippen LogP contribution < -0.4 is 5.32 Å². The van der Waals surface area contributed by atoms with Gasteiger partial charge >= 0.3 is 0 Å². The second-order valence-corrected chi connectivity index (χ2v) is 7.05. The molecule has 0 bridgehead atoms. The summed E-state index contributed by atoms with van der Waals surface area (Å²) in [5.74, 6) is 2.58. The van der Waals surface area contributed by atoms with Crippen LogP contribution in [0.25, 0.3) is 0 Å². The zero-order valence-electron chi connectivity index (χ0n) is 12.0. The average Bonchev–Trinajstić information content (AvgIpc) is 3.18. The van der Waals surface area contributed by atoms with E-state index in [9.17, 15) is 0 Å². The van der Waals surface area contributed by atoms with Crippen molar-refractivity contribution < 1.29 is 0 Å². The number of hydrogen-bond acceptors (Lipinski definition) is 1. The van der Waals surface area contributed by atoms with Gasteiger partial charge in [-0.3, -0.25) is 0 Å². The van der Waals surface area contributed by atoms with Gasteiger partial charge < -0.3 is 5.32 Å². The summed E-state index contributed by atoms with van der Waals surface area (Å²) in [6.07, 6.45) is 6.76. The SMILES string of the molecule is CCCNC(c1cccc(Cl)c1Cl)C1C2CCCCC21. The third-order valence-electron chi connectivity index (χ3n) is 5.04. The van der Waals surface area contributed by atoms with Crippen LogP contribution in [-0.2, 0) is 0 Å².